The lowest BCUT2D eigenvalue weighted by Gasteiger charge is -2.34. The quantitative estimate of drug-likeness (QED) is 0.772. The van der Waals surface area contributed by atoms with E-state index in [9.17, 15) is 9.59 Å². The maximum absolute atomic E-state index is 12.1. The van der Waals surface area contributed by atoms with Crippen LogP contribution in [0.1, 0.15) is 25.8 Å². The lowest BCUT2D eigenvalue weighted by Crippen LogP contribution is -2.45. The minimum Gasteiger partial charge on any atom is -0.469 e. The Kier molecular flexibility index (Phi) is 3.55. The molecule has 1 amide bonds. The van der Waals surface area contributed by atoms with Crippen molar-refractivity contribution in [2.24, 2.45) is 5.92 Å². The third-order valence-electron chi connectivity index (χ3n) is 3.78. The number of hydrogen-bond donors (Lipinski definition) is 0. The molecule has 1 unspecified atom stereocenters. The van der Waals surface area contributed by atoms with E-state index < -0.39 is 11.5 Å². The van der Waals surface area contributed by atoms with Crippen molar-refractivity contribution in [1.82, 2.24) is 9.88 Å². The minimum absolute atomic E-state index is 0.0238. The summed E-state index contributed by atoms with van der Waals surface area (Å²) in [6.45, 7) is 4.26. The second kappa shape index (κ2) is 4.99. The van der Waals surface area contributed by atoms with Crippen LogP contribution in [0.3, 0.4) is 0 Å². The molecule has 0 bridgehead atoms. The van der Waals surface area contributed by atoms with Crippen LogP contribution < -0.4 is 0 Å². The van der Waals surface area contributed by atoms with Crippen LogP contribution in [0.15, 0.2) is 24.5 Å². The summed E-state index contributed by atoms with van der Waals surface area (Å²) in [6, 6.07) is 3.75. The second-order valence-electron chi connectivity index (χ2n) is 5.27. The molecule has 0 aromatic carbocycles. The summed E-state index contributed by atoms with van der Waals surface area (Å²) in [4.78, 5) is 29.7. The van der Waals surface area contributed by atoms with E-state index in [1.165, 1.54) is 7.11 Å². The lowest BCUT2D eigenvalue weighted by molar-refractivity contribution is -0.148. The molecule has 5 heteroatoms. The highest BCUT2D eigenvalue weighted by Crippen LogP contribution is 2.37. The molecule has 102 valence electrons. The average molecular weight is 262 g/mol. The van der Waals surface area contributed by atoms with Gasteiger partial charge in [0.25, 0.3) is 0 Å². The predicted octanol–water partition coefficient (Wildman–Crippen LogP) is 1.38. The van der Waals surface area contributed by atoms with Crippen molar-refractivity contribution in [2.45, 2.75) is 32.4 Å². The van der Waals surface area contributed by atoms with Crippen molar-refractivity contribution in [1.29, 1.82) is 0 Å². The van der Waals surface area contributed by atoms with Crippen molar-refractivity contribution in [3.8, 4) is 0 Å². The number of nitrogens with zero attached hydrogens (tertiary/aromatic N) is 2. The van der Waals surface area contributed by atoms with Gasteiger partial charge in [-0.05, 0) is 25.5 Å². The van der Waals surface area contributed by atoms with Gasteiger partial charge >= 0.3 is 5.97 Å². The fraction of sp³-hybridized carbons (Fsp3) is 0.500. The number of esters is 1. The zero-order chi connectivity index (χ0) is 14.0. The van der Waals surface area contributed by atoms with E-state index in [-0.39, 0.29) is 18.3 Å². The summed E-state index contributed by atoms with van der Waals surface area (Å²) in [5.74, 6) is -0.766. The number of carbonyl (C=O) groups is 2. The standard InChI is InChI=1S/C14H18N2O3/c1-14(2)11(13(18)19-3)7-12(17)16(14)9-10-5-4-6-15-8-10/h4-6,8,11H,7,9H2,1-3H3. The molecule has 0 aliphatic carbocycles. The molecule has 1 atom stereocenters. The van der Waals surface area contributed by atoms with Gasteiger partial charge in [-0.2, -0.15) is 0 Å². The molecule has 2 rings (SSSR count). The van der Waals surface area contributed by atoms with E-state index in [0.29, 0.717) is 6.54 Å². The highest BCUT2D eigenvalue weighted by atomic mass is 16.5. The molecule has 1 aromatic rings. The van der Waals surface area contributed by atoms with Crippen molar-refractivity contribution >= 4 is 11.9 Å². The van der Waals surface area contributed by atoms with Crippen molar-refractivity contribution in [3.05, 3.63) is 30.1 Å². The topological polar surface area (TPSA) is 59.5 Å². The van der Waals surface area contributed by atoms with Crippen LogP contribution in [0.25, 0.3) is 0 Å². The van der Waals surface area contributed by atoms with E-state index in [1.54, 1.807) is 17.3 Å². The summed E-state index contributed by atoms with van der Waals surface area (Å²) < 4.78 is 4.79. The molecule has 1 aliphatic rings. The molecule has 1 aliphatic heterocycles. The van der Waals surface area contributed by atoms with Crippen molar-refractivity contribution in [2.75, 3.05) is 7.11 Å². The maximum atomic E-state index is 12.1. The van der Waals surface area contributed by atoms with Gasteiger partial charge in [0.15, 0.2) is 0 Å². The minimum atomic E-state index is -0.542. The zero-order valence-electron chi connectivity index (χ0n) is 11.4. The number of aromatic nitrogens is 1. The van der Waals surface area contributed by atoms with Gasteiger partial charge in [-0.15, -0.1) is 0 Å². The SMILES string of the molecule is COC(=O)C1CC(=O)N(Cc2cccnc2)C1(C)C. The Labute approximate surface area is 112 Å². The summed E-state index contributed by atoms with van der Waals surface area (Å²) in [7, 11) is 1.35. The van der Waals surface area contributed by atoms with Crippen LogP contribution in [0, 0.1) is 5.92 Å². The number of methoxy groups -OCH3 is 1. The second-order valence-corrected chi connectivity index (χ2v) is 5.27. The Morgan fingerprint density at radius 2 is 2.32 bits per heavy atom. The van der Waals surface area contributed by atoms with Gasteiger partial charge in [-0.25, -0.2) is 0 Å². The monoisotopic (exact) mass is 262 g/mol. The molecule has 0 N–H and O–H groups in total. The number of carbonyl (C=O) groups excluding carboxylic acids is 2. The Morgan fingerprint density at radius 3 is 2.89 bits per heavy atom. The fourth-order valence-electron chi connectivity index (χ4n) is 2.52. The molecule has 1 saturated heterocycles. The van der Waals surface area contributed by atoms with Crippen LogP contribution in [-0.2, 0) is 20.9 Å². The third-order valence-corrected chi connectivity index (χ3v) is 3.78. The molecule has 0 saturated carbocycles. The van der Waals surface area contributed by atoms with Crippen LogP contribution in [0.5, 0.6) is 0 Å². The third kappa shape index (κ3) is 2.45. The van der Waals surface area contributed by atoms with Gasteiger partial charge in [-0.3, -0.25) is 14.6 Å². The van der Waals surface area contributed by atoms with Crippen LogP contribution in [0.4, 0.5) is 0 Å². The van der Waals surface area contributed by atoms with E-state index in [1.807, 2.05) is 26.0 Å². The number of amides is 1. The normalized spacial score (nSPS) is 21.5. The number of pyridine rings is 1. The highest BCUT2D eigenvalue weighted by molar-refractivity contribution is 5.88. The van der Waals surface area contributed by atoms with E-state index >= 15 is 0 Å². The Bertz CT molecular complexity index is 485. The largest absolute Gasteiger partial charge is 0.469 e. The predicted molar refractivity (Wildman–Crippen MR) is 69.0 cm³/mol. The molecular weight excluding hydrogens is 244 g/mol. The van der Waals surface area contributed by atoms with Gasteiger partial charge in [-0.1, -0.05) is 6.07 Å². The molecule has 1 aromatic heterocycles. The van der Waals surface area contributed by atoms with Crippen molar-refractivity contribution in [3.63, 3.8) is 0 Å². The number of ether oxygens (including phenoxy) is 1. The number of hydrogen-bond acceptors (Lipinski definition) is 4. The van der Waals surface area contributed by atoms with Crippen LogP contribution in [-0.4, -0.2) is 34.4 Å². The average Bonchev–Trinajstić information content (AvgIpc) is 2.62. The molecule has 1 fully saturated rings. The van der Waals surface area contributed by atoms with Crippen molar-refractivity contribution < 1.29 is 14.3 Å². The number of rotatable bonds is 3. The fourth-order valence-corrected chi connectivity index (χ4v) is 2.52. The summed E-state index contributed by atoms with van der Waals surface area (Å²) in [6.07, 6.45) is 3.63. The first-order chi connectivity index (χ1) is 8.96. The summed E-state index contributed by atoms with van der Waals surface area (Å²) >= 11 is 0. The van der Waals surface area contributed by atoms with E-state index in [2.05, 4.69) is 4.98 Å². The first-order valence-corrected chi connectivity index (χ1v) is 6.24. The maximum Gasteiger partial charge on any atom is 0.311 e. The molecule has 0 spiro atoms. The Balaban J connectivity index is 2.21. The molecule has 2 heterocycles. The van der Waals surface area contributed by atoms with Crippen LogP contribution >= 0.6 is 0 Å². The Morgan fingerprint density at radius 1 is 1.58 bits per heavy atom. The highest BCUT2D eigenvalue weighted by Gasteiger charge is 2.50. The van der Waals surface area contributed by atoms with Gasteiger partial charge in [0.2, 0.25) is 5.91 Å². The van der Waals surface area contributed by atoms with Gasteiger partial charge in [0, 0.05) is 25.4 Å². The lowest BCUT2D eigenvalue weighted by atomic mass is 9.88. The zero-order valence-corrected chi connectivity index (χ0v) is 11.4. The summed E-state index contributed by atoms with van der Waals surface area (Å²) in [5, 5.41) is 0. The summed E-state index contributed by atoms with van der Waals surface area (Å²) in [5.41, 5.74) is 0.412. The Hall–Kier alpha value is -1.91. The molecular formula is C14H18N2O3. The van der Waals surface area contributed by atoms with Gasteiger partial charge in [0.1, 0.15) is 0 Å². The number of likely N-dealkylation sites (tertiary alicyclic amines) is 1. The smallest absolute Gasteiger partial charge is 0.311 e. The van der Waals surface area contributed by atoms with Gasteiger partial charge in [0.05, 0.1) is 18.6 Å². The first-order valence-electron chi connectivity index (χ1n) is 6.24. The first kappa shape index (κ1) is 13.5. The molecule has 19 heavy (non-hydrogen) atoms. The van der Waals surface area contributed by atoms with E-state index in [0.717, 1.165) is 5.56 Å². The molecule has 5 nitrogen and oxygen atoms in total. The van der Waals surface area contributed by atoms with Crippen LogP contribution in [0.2, 0.25) is 0 Å². The van der Waals surface area contributed by atoms with Gasteiger partial charge < -0.3 is 9.64 Å². The molecule has 0 radical (unpaired) electrons. The van der Waals surface area contributed by atoms with E-state index in [4.69, 9.17) is 4.74 Å².